The Bertz CT molecular complexity index is 911. The normalized spacial score (nSPS) is 14.7. The number of aryl methyl sites for hydroxylation is 1. The van der Waals surface area contributed by atoms with Crippen LogP contribution in [0.4, 0.5) is 13.2 Å². The summed E-state index contributed by atoms with van der Waals surface area (Å²) in [6, 6.07) is 15.5. The third-order valence-electron chi connectivity index (χ3n) is 4.91. The molecular weight excluding hydrogens is 337 g/mol. The minimum atomic E-state index is -4.35. The van der Waals surface area contributed by atoms with E-state index in [9.17, 15) is 13.2 Å². The first-order valence-corrected chi connectivity index (χ1v) is 8.91. The Balaban J connectivity index is 1.93. The summed E-state index contributed by atoms with van der Waals surface area (Å²) in [4.78, 5) is 0. The molecular formula is C21H20F3N2+. The monoisotopic (exact) mass is 357 g/mol. The number of nitrogens with zero attached hydrogens (tertiary/aromatic N) is 2. The lowest BCUT2D eigenvalue weighted by Crippen LogP contribution is -2.35. The molecule has 5 heteroatoms. The Morgan fingerprint density at radius 3 is 2.46 bits per heavy atom. The van der Waals surface area contributed by atoms with E-state index in [0.717, 1.165) is 55.4 Å². The molecule has 1 aliphatic rings. The quantitative estimate of drug-likeness (QED) is 0.559. The SMILES string of the molecule is FC(F)(F)c1cccc(-n2c(-c3ccccc3)c[n+]3c2CCCCC3)c1. The maximum atomic E-state index is 13.2. The van der Waals surface area contributed by atoms with Gasteiger partial charge in [-0.3, -0.25) is 0 Å². The number of hydrogen-bond donors (Lipinski definition) is 0. The lowest BCUT2D eigenvalue weighted by Gasteiger charge is -2.09. The first kappa shape index (κ1) is 16.9. The second kappa shape index (κ2) is 6.63. The van der Waals surface area contributed by atoms with Crippen molar-refractivity contribution in [1.29, 1.82) is 0 Å². The largest absolute Gasteiger partial charge is 0.416 e. The summed E-state index contributed by atoms with van der Waals surface area (Å²) in [5, 5.41) is 0. The summed E-state index contributed by atoms with van der Waals surface area (Å²) >= 11 is 0. The molecule has 0 saturated carbocycles. The number of alkyl halides is 3. The lowest BCUT2D eigenvalue weighted by molar-refractivity contribution is -0.702. The van der Waals surface area contributed by atoms with Crippen molar-refractivity contribution in [3.63, 3.8) is 0 Å². The summed E-state index contributed by atoms with van der Waals surface area (Å²) in [6.07, 6.45) is 1.89. The summed E-state index contributed by atoms with van der Waals surface area (Å²) < 4.78 is 43.9. The van der Waals surface area contributed by atoms with Gasteiger partial charge in [-0.25, -0.2) is 4.57 Å². The highest BCUT2D eigenvalue weighted by atomic mass is 19.4. The average Bonchev–Trinajstić information content (AvgIpc) is 2.85. The van der Waals surface area contributed by atoms with Gasteiger partial charge in [0.05, 0.1) is 12.1 Å². The molecule has 2 nitrogen and oxygen atoms in total. The zero-order valence-electron chi connectivity index (χ0n) is 14.3. The second-order valence-electron chi connectivity index (χ2n) is 6.68. The molecule has 0 spiro atoms. The zero-order valence-corrected chi connectivity index (χ0v) is 14.3. The average molecular weight is 357 g/mol. The third kappa shape index (κ3) is 3.14. The van der Waals surface area contributed by atoms with Crippen LogP contribution in [0.25, 0.3) is 16.9 Å². The van der Waals surface area contributed by atoms with Gasteiger partial charge in [-0.2, -0.15) is 17.7 Å². The standard InChI is InChI=1S/C21H20F3N2/c22-21(23,24)17-10-7-11-18(14-17)26-19(16-8-3-1-4-9-16)15-25-13-6-2-5-12-20(25)26/h1,3-4,7-11,14-15H,2,5-6,12-13H2/q+1. The van der Waals surface area contributed by atoms with Crippen molar-refractivity contribution >= 4 is 0 Å². The van der Waals surface area contributed by atoms with Crippen molar-refractivity contribution in [1.82, 2.24) is 4.57 Å². The number of aromatic nitrogens is 2. The number of fused-ring (bicyclic) bond motifs is 1. The Kier molecular flexibility index (Phi) is 4.31. The van der Waals surface area contributed by atoms with Crippen molar-refractivity contribution in [3.05, 3.63) is 72.2 Å². The number of halogens is 3. The smallest absolute Gasteiger partial charge is 0.233 e. The molecule has 0 aliphatic carbocycles. The Morgan fingerprint density at radius 1 is 0.885 bits per heavy atom. The van der Waals surface area contributed by atoms with Gasteiger partial charge in [-0.05, 0) is 37.5 Å². The van der Waals surface area contributed by atoms with E-state index in [-0.39, 0.29) is 0 Å². The predicted octanol–water partition coefficient (Wildman–Crippen LogP) is 5.18. The maximum Gasteiger partial charge on any atom is 0.416 e. The summed E-state index contributed by atoms with van der Waals surface area (Å²) in [5.74, 6) is 1.07. The van der Waals surface area contributed by atoms with Crippen LogP contribution < -0.4 is 4.57 Å². The van der Waals surface area contributed by atoms with Gasteiger partial charge in [0.1, 0.15) is 11.9 Å². The van der Waals surface area contributed by atoms with E-state index in [4.69, 9.17) is 0 Å². The van der Waals surface area contributed by atoms with Gasteiger partial charge in [0.2, 0.25) is 0 Å². The Labute approximate surface area is 150 Å². The van der Waals surface area contributed by atoms with Crippen molar-refractivity contribution in [2.24, 2.45) is 0 Å². The van der Waals surface area contributed by atoms with Crippen LogP contribution in [0, 0.1) is 0 Å². The minimum absolute atomic E-state index is 0.564. The van der Waals surface area contributed by atoms with Gasteiger partial charge < -0.3 is 0 Å². The molecule has 0 unspecified atom stereocenters. The van der Waals surface area contributed by atoms with Crippen LogP contribution in [0.2, 0.25) is 0 Å². The van der Waals surface area contributed by atoms with E-state index in [1.165, 1.54) is 12.1 Å². The van der Waals surface area contributed by atoms with Gasteiger partial charge in [0.15, 0.2) is 5.69 Å². The summed E-state index contributed by atoms with van der Waals surface area (Å²) in [7, 11) is 0. The molecule has 0 fully saturated rings. The van der Waals surface area contributed by atoms with E-state index in [0.29, 0.717) is 5.69 Å². The van der Waals surface area contributed by atoms with E-state index < -0.39 is 11.7 Å². The topological polar surface area (TPSA) is 8.81 Å². The van der Waals surface area contributed by atoms with E-state index >= 15 is 0 Å². The molecule has 0 N–H and O–H groups in total. The fraction of sp³-hybridized carbons (Fsp3) is 0.286. The molecule has 1 aliphatic heterocycles. The van der Waals surface area contributed by atoms with E-state index in [1.54, 1.807) is 6.07 Å². The molecule has 3 aromatic rings. The molecule has 0 amide bonds. The third-order valence-corrected chi connectivity index (χ3v) is 4.91. The van der Waals surface area contributed by atoms with Gasteiger partial charge in [-0.15, -0.1) is 0 Å². The Hall–Kier alpha value is -2.56. The lowest BCUT2D eigenvalue weighted by atomic mass is 10.1. The highest BCUT2D eigenvalue weighted by Gasteiger charge is 2.33. The molecule has 0 atom stereocenters. The van der Waals surface area contributed by atoms with Gasteiger partial charge in [-0.1, -0.05) is 36.4 Å². The number of rotatable bonds is 2. The number of hydrogen-bond acceptors (Lipinski definition) is 0. The zero-order chi connectivity index (χ0) is 18.1. The fourth-order valence-electron chi connectivity index (χ4n) is 3.66. The van der Waals surface area contributed by atoms with Crippen LogP contribution in [0.3, 0.4) is 0 Å². The second-order valence-corrected chi connectivity index (χ2v) is 6.68. The maximum absolute atomic E-state index is 13.2. The molecule has 2 heterocycles. The van der Waals surface area contributed by atoms with Gasteiger partial charge in [0, 0.05) is 12.0 Å². The van der Waals surface area contributed by atoms with Gasteiger partial charge >= 0.3 is 6.18 Å². The van der Waals surface area contributed by atoms with Crippen molar-refractivity contribution < 1.29 is 17.7 Å². The molecule has 1 aromatic heterocycles. The first-order valence-electron chi connectivity index (χ1n) is 8.91. The van der Waals surface area contributed by atoms with Crippen molar-refractivity contribution in [3.8, 4) is 16.9 Å². The summed E-state index contributed by atoms with van der Waals surface area (Å²) in [6.45, 7) is 0.904. The molecule has 134 valence electrons. The van der Waals surface area contributed by atoms with Crippen LogP contribution in [0.5, 0.6) is 0 Å². The number of imidazole rings is 1. The highest BCUT2D eigenvalue weighted by molar-refractivity contribution is 5.61. The highest BCUT2D eigenvalue weighted by Crippen LogP contribution is 2.32. The van der Waals surface area contributed by atoms with E-state index in [2.05, 4.69) is 10.8 Å². The fourth-order valence-corrected chi connectivity index (χ4v) is 3.66. The molecule has 0 saturated heterocycles. The van der Waals surface area contributed by atoms with Crippen LogP contribution in [-0.4, -0.2) is 4.57 Å². The molecule has 0 radical (unpaired) electrons. The predicted molar refractivity (Wildman–Crippen MR) is 94.0 cm³/mol. The van der Waals surface area contributed by atoms with Crippen molar-refractivity contribution in [2.45, 2.75) is 38.4 Å². The molecule has 0 bridgehead atoms. The molecule has 4 rings (SSSR count). The van der Waals surface area contributed by atoms with Crippen LogP contribution in [0.1, 0.15) is 30.7 Å². The number of benzene rings is 2. The van der Waals surface area contributed by atoms with Crippen molar-refractivity contribution in [2.75, 3.05) is 0 Å². The Morgan fingerprint density at radius 2 is 1.69 bits per heavy atom. The van der Waals surface area contributed by atoms with Crippen LogP contribution in [0.15, 0.2) is 60.8 Å². The molecule has 26 heavy (non-hydrogen) atoms. The van der Waals surface area contributed by atoms with Gasteiger partial charge in [0.25, 0.3) is 5.82 Å². The van der Waals surface area contributed by atoms with Crippen LogP contribution >= 0.6 is 0 Å². The summed E-state index contributed by atoms with van der Waals surface area (Å²) in [5.41, 5.74) is 1.89. The minimum Gasteiger partial charge on any atom is -0.233 e. The van der Waals surface area contributed by atoms with Crippen LogP contribution in [-0.2, 0) is 19.1 Å². The van der Waals surface area contributed by atoms with E-state index in [1.807, 2.05) is 34.9 Å². The first-order chi connectivity index (χ1) is 12.5. The molecule has 2 aromatic carbocycles.